The molecule has 0 spiro atoms. The summed E-state index contributed by atoms with van der Waals surface area (Å²) < 4.78 is 11.1. The van der Waals surface area contributed by atoms with E-state index in [9.17, 15) is 9.59 Å². The third-order valence-corrected chi connectivity index (χ3v) is 7.64. The second-order valence-electron chi connectivity index (χ2n) is 7.97. The van der Waals surface area contributed by atoms with Gasteiger partial charge in [0.15, 0.2) is 0 Å². The Balaban J connectivity index is 1.79. The van der Waals surface area contributed by atoms with Crippen LogP contribution in [-0.2, 0) is 16.0 Å². The number of benzene rings is 1. The van der Waals surface area contributed by atoms with E-state index in [0.717, 1.165) is 35.4 Å². The van der Waals surface area contributed by atoms with Crippen LogP contribution in [0.2, 0.25) is 0 Å². The first-order chi connectivity index (χ1) is 16.1. The van der Waals surface area contributed by atoms with E-state index in [1.165, 1.54) is 22.7 Å². The van der Waals surface area contributed by atoms with Gasteiger partial charge in [-0.15, -0.1) is 22.7 Å². The first kappa shape index (κ1) is 23.3. The number of carbonyl (C=O) groups excluding carboxylic acids is 2. The standard InChI is InChI=1S/C25H28N2O4S2/c1-30-18-11-12-21(31-2)20(15-18)27(23(28)16-19-9-5-13-32-19)24(22-10-6-14-33-22)25(29)26-17-7-3-4-8-17/h5-6,9-15,17,24H,3-4,7-8,16H2,1-2H3,(H,26,29)/t24-/m1/s1. The molecule has 1 N–H and O–H groups in total. The van der Waals surface area contributed by atoms with Gasteiger partial charge in [-0.05, 0) is 47.9 Å². The molecule has 1 saturated carbocycles. The van der Waals surface area contributed by atoms with Gasteiger partial charge in [0.2, 0.25) is 11.8 Å². The zero-order valence-electron chi connectivity index (χ0n) is 18.8. The van der Waals surface area contributed by atoms with Crippen molar-refractivity contribution in [2.75, 3.05) is 19.1 Å². The Labute approximate surface area is 202 Å². The van der Waals surface area contributed by atoms with Crippen molar-refractivity contribution in [2.45, 2.75) is 44.2 Å². The van der Waals surface area contributed by atoms with Crippen LogP contribution in [0.15, 0.2) is 53.2 Å². The number of rotatable bonds is 9. The molecule has 2 aromatic heterocycles. The van der Waals surface area contributed by atoms with E-state index in [4.69, 9.17) is 9.47 Å². The van der Waals surface area contributed by atoms with Crippen molar-refractivity contribution >= 4 is 40.2 Å². The van der Waals surface area contributed by atoms with E-state index in [-0.39, 0.29) is 24.3 Å². The minimum atomic E-state index is -0.806. The van der Waals surface area contributed by atoms with Crippen LogP contribution in [0.3, 0.4) is 0 Å². The minimum Gasteiger partial charge on any atom is -0.497 e. The van der Waals surface area contributed by atoms with E-state index in [0.29, 0.717) is 17.2 Å². The van der Waals surface area contributed by atoms with E-state index in [1.807, 2.05) is 35.0 Å². The quantitative estimate of drug-likeness (QED) is 0.453. The number of nitrogens with zero attached hydrogens (tertiary/aromatic N) is 1. The summed E-state index contributed by atoms with van der Waals surface area (Å²) in [5, 5.41) is 7.08. The highest BCUT2D eigenvalue weighted by molar-refractivity contribution is 7.10. The van der Waals surface area contributed by atoms with Crippen LogP contribution in [0.4, 0.5) is 5.69 Å². The highest BCUT2D eigenvalue weighted by Gasteiger charge is 2.36. The van der Waals surface area contributed by atoms with Crippen LogP contribution in [0.25, 0.3) is 0 Å². The predicted octanol–water partition coefficient (Wildman–Crippen LogP) is 5.20. The third kappa shape index (κ3) is 5.39. The second-order valence-corrected chi connectivity index (χ2v) is 9.98. The highest BCUT2D eigenvalue weighted by atomic mass is 32.1. The largest absolute Gasteiger partial charge is 0.497 e. The summed E-state index contributed by atoms with van der Waals surface area (Å²) in [4.78, 5) is 30.8. The number of hydrogen-bond donors (Lipinski definition) is 1. The number of anilines is 1. The Bertz CT molecular complexity index is 1060. The number of amides is 2. The average molecular weight is 485 g/mol. The molecule has 1 aliphatic carbocycles. The Kier molecular flexibility index (Phi) is 7.67. The topological polar surface area (TPSA) is 67.9 Å². The molecule has 4 rings (SSSR count). The lowest BCUT2D eigenvalue weighted by Gasteiger charge is -2.32. The van der Waals surface area contributed by atoms with Gasteiger partial charge in [0.1, 0.15) is 17.5 Å². The molecular formula is C25H28N2O4S2. The molecule has 8 heteroatoms. The van der Waals surface area contributed by atoms with Crippen LogP contribution in [0, 0.1) is 0 Å². The van der Waals surface area contributed by atoms with E-state index < -0.39 is 6.04 Å². The molecule has 1 fully saturated rings. The Morgan fingerprint density at radius 1 is 1.06 bits per heavy atom. The van der Waals surface area contributed by atoms with Crippen molar-refractivity contribution in [1.82, 2.24) is 5.32 Å². The van der Waals surface area contributed by atoms with Gasteiger partial charge in [0.05, 0.1) is 26.3 Å². The molecule has 174 valence electrons. The summed E-state index contributed by atoms with van der Waals surface area (Å²) in [6.07, 6.45) is 4.35. The van der Waals surface area contributed by atoms with Crippen LogP contribution in [0.1, 0.15) is 41.5 Å². The molecule has 0 saturated heterocycles. The molecule has 0 aliphatic heterocycles. The number of methoxy groups -OCH3 is 2. The number of carbonyl (C=O) groups is 2. The highest BCUT2D eigenvalue weighted by Crippen LogP contribution is 2.39. The number of ether oxygens (including phenoxy) is 2. The fourth-order valence-corrected chi connectivity index (χ4v) is 5.73. The van der Waals surface area contributed by atoms with Crippen molar-refractivity contribution in [2.24, 2.45) is 0 Å². The van der Waals surface area contributed by atoms with Gasteiger partial charge in [-0.2, -0.15) is 0 Å². The minimum absolute atomic E-state index is 0.140. The van der Waals surface area contributed by atoms with Crippen molar-refractivity contribution in [1.29, 1.82) is 0 Å². The first-order valence-electron chi connectivity index (χ1n) is 11.0. The summed E-state index contributed by atoms with van der Waals surface area (Å²) in [6.45, 7) is 0. The number of nitrogens with one attached hydrogen (secondary N) is 1. The van der Waals surface area contributed by atoms with Crippen LogP contribution in [0.5, 0.6) is 11.5 Å². The molecule has 0 unspecified atom stereocenters. The zero-order chi connectivity index (χ0) is 23.2. The molecule has 1 aliphatic rings. The van der Waals surface area contributed by atoms with Crippen LogP contribution >= 0.6 is 22.7 Å². The van der Waals surface area contributed by atoms with E-state index >= 15 is 0 Å². The normalized spacial score (nSPS) is 14.6. The average Bonchev–Trinajstić information content (AvgIpc) is 3.61. The van der Waals surface area contributed by atoms with Crippen molar-refractivity contribution in [3.8, 4) is 11.5 Å². The maximum Gasteiger partial charge on any atom is 0.248 e. The van der Waals surface area contributed by atoms with Gasteiger partial charge < -0.3 is 14.8 Å². The fourth-order valence-electron chi connectivity index (χ4n) is 4.22. The smallest absolute Gasteiger partial charge is 0.248 e. The van der Waals surface area contributed by atoms with Gasteiger partial charge >= 0.3 is 0 Å². The lowest BCUT2D eigenvalue weighted by molar-refractivity contribution is -0.126. The number of hydrogen-bond acceptors (Lipinski definition) is 6. The molecule has 0 radical (unpaired) electrons. The first-order valence-corrected chi connectivity index (χ1v) is 12.8. The molecule has 33 heavy (non-hydrogen) atoms. The second kappa shape index (κ2) is 10.9. The van der Waals surface area contributed by atoms with Crippen LogP contribution < -0.4 is 19.7 Å². The summed E-state index contributed by atoms with van der Waals surface area (Å²) in [5.74, 6) is 0.740. The van der Waals surface area contributed by atoms with E-state index in [2.05, 4.69) is 5.32 Å². The molecule has 6 nitrogen and oxygen atoms in total. The summed E-state index contributed by atoms with van der Waals surface area (Å²) in [6, 6.07) is 12.3. The third-order valence-electron chi connectivity index (χ3n) is 5.84. The molecule has 3 aromatic rings. The molecule has 2 heterocycles. The summed E-state index contributed by atoms with van der Waals surface area (Å²) in [7, 11) is 3.14. The van der Waals surface area contributed by atoms with Gasteiger partial charge in [-0.25, -0.2) is 0 Å². The Hall–Kier alpha value is -2.84. The van der Waals surface area contributed by atoms with Crippen LogP contribution in [-0.4, -0.2) is 32.1 Å². The molecular weight excluding hydrogens is 456 g/mol. The van der Waals surface area contributed by atoms with Gasteiger partial charge in [-0.3, -0.25) is 14.5 Å². The van der Waals surface area contributed by atoms with Crippen molar-refractivity contribution < 1.29 is 19.1 Å². The van der Waals surface area contributed by atoms with Gasteiger partial charge in [-0.1, -0.05) is 25.0 Å². The fraction of sp³-hybridized carbons (Fsp3) is 0.360. The lowest BCUT2D eigenvalue weighted by atomic mass is 10.1. The predicted molar refractivity (Wildman–Crippen MR) is 133 cm³/mol. The number of thiophene rings is 2. The monoisotopic (exact) mass is 484 g/mol. The lowest BCUT2D eigenvalue weighted by Crippen LogP contribution is -2.46. The SMILES string of the molecule is COc1ccc(OC)c(N(C(=O)Cc2cccs2)[C@@H](C(=O)NC2CCCC2)c2cccs2)c1. The molecule has 1 atom stereocenters. The van der Waals surface area contributed by atoms with Crippen molar-refractivity contribution in [3.63, 3.8) is 0 Å². The molecule has 0 bridgehead atoms. The maximum atomic E-state index is 13.8. The maximum absolute atomic E-state index is 13.8. The summed E-state index contributed by atoms with van der Waals surface area (Å²) >= 11 is 2.99. The van der Waals surface area contributed by atoms with Gasteiger partial charge in [0, 0.05) is 21.9 Å². The zero-order valence-corrected chi connectivity index (χ0v) is 20.4. The van der Waals surface area contributed by atoms with Gasteiger partial charge in [0.25, 0.3) is 0 Å². The molecule has 2 amide bonds. The molecule has 1 aromatic carbocycles. The Morgan fingerprint density at radius 3 is 2.45 bits per heavy atom. The van der Waals surface area contributed by atoms with Crippen molar-refractivity contribution in [3.05, 3.63) is 63.0 Å². The summed E-state index contributed by atoms with van der Waals surface area (Å²) in [5.41, 5.74) is 0.512. The Morgan fingerprint density at radius 2 is 1.82 bits per heavy atom. The van der Waals surface area contributed by atoms with E-state index in [1.54, 1.807) is 37.3 Å².